The van der Waals surface area contributed by atoms with Gasteiger partial charge < -0.3 is 15.7 Å². The van der Waals surface area contributed by atoms with E-state index in [1.54, 1.807) is 6.07 Å². The smallest absolute Gasteiger partial charge is 0.315 e. The monoisotopic (exact) mass is 349 g/mol. The number of nitrogens with one attached hydrogen (secondary N) is 2. The van der Waals surface area contributed by atoms with Gasteiger partial charge in [-0.15, -0.1) is 0 Å². The number of nitrogens with zero attached hydrogens (tertiary/aromatic N) is 1. The van der Waals surface area contributed by atoms with E-state index in [1.165, 1.54) is 6.07 Å². The SMILES string of the molecule is O=C(NC[C@H]1CC[C@H](O)C1)NC1CCN(Cc2ccccc2F)CC1. The van der Waals surface area contributed by atoms with E-state index in [4.69, 9.17) is 0 Å². The number of benzene rings is 1. The first kappa shape index (κ1) is 18.1. The normalized spacial score (nSPS) is 25.0. The molecule has 1 heterocycles. The summed E-state index contributed by atoms with van der Waals surface area (Å²) in [7, 11) is 0. The lowest BCUT2D eigenvalue weighted by molar-refractivity contribution is 0.176. The Bertz CT molecular complexity index is 576. The Hall–Kier alpha value is -1.66. The number of hydrogen-bond donors (Lipinski definition) is 3. The van der Waals surface area contributed by atoms with Gasteiger partial charge in [-0.25, -0.2) is 9.18 Å². The number of piperidine rings is 1. The van der Waals surface area contributed by atoms with E-state index in [2.05, 4.69) is 15.5 Å². The first-order valence-corrected chi connectivity index (χ1v) is 9.28. The number of hydrogen-bond acceptors (Lipinski definition) is 3. The second-order valence-electron chi connectivity index (χ2n) is 7.33. The average Bonchev–Trinajstić information content (AvgIpc) is 3.02. The molecule has 1 aromatic rings. The predicted octanol–water partition coefficient (Wildman–Crippen LogP) is 2.25. The average molecular weight is 349 g/mol. The topological polar surface area (TPSA) is 64.6 Å². The third kappa shape index (κ3) is 5.41. The minimum Gasteiger partial charge on any atom is -0.393 e. The zero-order valence-corrected chi connectivity index (χ0v) is 14.6. The molecule has 0 bridgehead atoms. The zero-order valence-electron chi connectivity index (χ0n) is 14.6. The lowest BCUT2D eigenvalue weighted by atomic mass is 10.0. The van der Waals surface area contributed by atoms with Crippen LogP contribution in [0.2, 0.25) is 0 Å². The third-order valence-electron chi connectivity index (χ3n) is 5.34. The van der Waals surface area contributed by atoms with Crippen LogP contribution in [0.15, 0.2) is 24.3 Å². The fraction of sp³-hybridized carbons (Fsp3) is 0.632. The number of aliphatic hydroxyl groups excluding tert-OH is 1. The Labute approximate surface area is 148 Å². The molecule has 2 aliphatic rings. The molecular weight excluding hydrogens is 321 g/mol. The molecule has 25 heavy (non-hydrogen) atoms. The second-order valence-corrected chi connectivity index (χ2v) is 7.33. The minimum atomic E-state index is -0.200. The van der Waals surface area contributed by atoms with Gasteiger partial charge >= 0.3 is 6.03 Å². The van der Waals surface area contributed by atoms with Crippen LogP contribution in [0.25, 0.3) is 0 Å². The van der Waals surface area contributed by atoms with Crippen LogP contribution in [0.1, 0.15) is 37.7 Å². The maximum absolute atomic E-state index is 13.7. The molecule has 138 valence electrons. The summed E-state index contributed by atoms with van der Waals surface area (Å²) in [6.45, 7) is 2.97. The van der Waals surface area contributed by atoms with E-state index in [1.807, 2.05) is 12.1 Å². The number of rotatable bonds is 5. The van der Waals surface area contributed by atoms with Crippen molar-refractivity contribution in [1.29, 1.82) is 0 Å². The summed E-state index contributed by atoms with van der Waals surface area (Å²) in [6.07, 6.45) is 4.17. The van der Waals surface area contributed by atoms with Crippen LogP contribution in [-0.4, -0.2) is 47.8 Å². The highest BCUT2D eigenvalue weighted by atomic mass is 19.1. The summed E-state index contributed by atoms with van der Waals surface area (Å²) in [4.78, 5) is 14.2. The van der Waals surface area contributed by atoms with E-state index in [-0.39, 0.29) is 24.0 Å². The van der Waals surface area contributed by atoms with E-state index in [0.717, 1.165) is 50.8 Å². The van der Waals surface area contributed by atoms with Crippen LogP contribution in [0, 0.1) is 11.7 Å². The number of amides is 2. The first-order valence-electron chi connectivity index (χ1n) is 9.28. The Balaban J connectivity index is 1.34. The van der Waals surface area contributed by atoms with Gasteiger partial charge in [-0.1, -0.05) is 18.2 Å². The lowest BCUT2D eigenvalue weighted by Gasteiger charge is -2.32. The third-order valence-corrected chi connectivity index (χ3v) is 5.34. The number of likely N-dealkylation sites (tertiary alicyclic amines) is 1. The van der Waals surface area contributed by atoms with E-state index < -0.39 is 0 Å². The summed E-state index contributed by atoms with van der Waals surface area (Å²) in [5, 5.41) is 15.5. The predicted molar refractivity (Wildman–Crippen MR) is 94.6 cm³/mol. The Kier molecular flexibility index (Phi) is 6.26. The molecule has 1 saturated heterocycles. The number of carbonyl (C=O) groups is 1. The molecule has 1 saturated carbocycles. The van der Waals surface area contributed by atoms with Crippen LogP contribution in [-0.2, 0) is 6.54 Å². The maximum atomic E-state index is 13.7. The zero-order chi connectivity index (χ0) is 17.6. The van der Waals surface area contributed by atoms with Crippen molar-refractivity contribution in [2.45, 2.75) is 50.8 Å². The Morgan fingerprint density at radius 2 is 1.96 bits per heavy atom. The molecule has 3 N–H and O–H groups in total. The van der Waals surface area contributed by atoms with Crippen LogP contribution in [0.4, 0.5) is 9.18 Å². The maximum Gasteiger partial charge on any atom is 0.315 e. The van der Waals surface area contributed by atoms with Gasteiger partial charge in [-0.2, -0.15) is 0 Å². The quantitative estimate of drug-likeness (QED) is 0.764. The number of urea groups is 1. The van der Waals surface area contributed by atoms with Crippen LogP contribution < -0.4 is 10.6 Å². The molecule has 0 spiro atoms. The fourth-order valence-electron chi connectivity index (χ4n) is 3.81. The van der Waals surface area contributed by atoms with Gasteiger partial charge in [0, 0.05) is 37.8 Å². The number of carbonyl (C=O) groups excluding carboxylic acids is 1. The van der Waals surface area contributed by atoms with Gasteiger partial charge in [-0.05, 0) is 44.1 Å². The molecule has 1 aliphatic carbocycles. The minimum absolute atomic E-state index is 0.117. The van der Waals surface area contributed by atoms with Gasteiger partial charge in [0.25, 0.3) is 0 Å². The first-order chi connectivity index (χ1) is 12.1. The van der Waals surface area contributed by atoms with Crippen LogP contribution in [0.5, 0.6) is 0 Å². The van der Waals surface area contributed by atoms with Gasteiger partial charge in [0.05, 0.1) is 6.10 Å². The highest BCUT2D eigenvalue weighted by molar-refractivity contribution is 5.74. The van der Waals surface area contributed by atoms with Crippen molar-refractivity contribution in [3.63, 3.8) is 0 Å². The summed E-state index contributed by atoms with van der Waals surface area (Å²) in [5.74, 6) is 0.238. The van der Waals surface area contributed by atoms with E-state index in [0.29, 0.717) is 19.0 Å². The van der Waals surface area contributed by atoms with Gasteiger partial charge in [0.1, 0.15) is 5.82 Å². The molecule has 0 unspecified atom stereocenters. The molecular formula is C19H28FN3O2. The van der Waals surface area contributed by atoms with Crippen molar-refractivity contribution < 1.29 is 14.3 Å². The molecule has 0 aromatic heterocycles. The molecule has 2 fully saturated rings. The van der Waals surface area contributed by atoms with Crippen molar-refractivity contribution in [3.05, 3.63) is 35.6 Å². The van der Waals surface area contributed by atoms with Crippen LogP contribution in [0.3, 0.4) is 0 Å². The highest BCUT2D eigenvalue weighted by Gasteiger charge is 2.24. The van der Waals surface area contributed by atoms with Gasteiger partial charge in [0.2, 0.25) is 0 Å². The Morgan fingerprint density at radius 1 is 1.20 bits per heavy atom. The molecule has 1 aromatic carbocycles. The standard InChI is InChI=1S/C19H28FN3O2/c20-18-4-2-1-3-15(18)13-23-9-7-16(8-10-23)22-19(25)21-12-14-5-6-17(24)11-14/h1-4,14,16-17,24H,5-13H2,(H2,21,22,25)/t14-,17-/m0/s1. The summed E-state index contributed by atoms with van der Waals surface area (Å²) in [6, 6.07) is 6.95. The summed E-state index contributed by atoms with van der Waals surface area (Å²) < 4.78 is 13.7. The molecule has 6 heteroatoms. The number of aliphatic hydroxyl groups is 1. The fourth-order valence-corrected chi connectivity index (χ4v) is 3.81. The van der Waals surface area contributed by atoms with Crippen molar-refractivity contribution in [2.75, 3.05) is 19.6 Å². The van der Waals surface area contributed by atoms with E-state index >= 15 is 0 Å². The lowest BCUT2D eigenvalue weighted by Crippen LogP contribution is -2.48. The molecule has 2 atom stereocenters. The van der Waals surface area contributed by atoms with Gasteiger partial charge in [0.15, 0.2) is 0 Å². The largest absolute Gasteiger partial charge is 0.393 e. The molecule has 1 aliphatic heterocycles. The highest BCUT2D eigenvalue weighted by Crippen LogP contribution is 2.24. The molecule has 5 nitrogen and oxygen atoms in total. The second kappa shape index (κ2) is 8.63. The van der Waals surface area contributed by atoms with Crippen molar-refractivity contribution in [2.24, 2.45) is 5.92 Å². The van der Waals surface area contributed by atoms with Crippen molar-refractivity contribution in [1.82, 2.24) is 15.5 Å². The van der Waals surface area contributed by atoms with Crippen LogP contribution >= 0.6 is 0 Å². The molecule has 3 rings (SSSR count). The van der Waals surface area contributed by atoms with Crippen molar-refractivity contribution >= 4 is 6.03 Å². The van der Waals surface area contributed by atoms with E-state index in [9.17, 15) is 14.3 Å². The summed E-state index contributed by atoms with van der Waals surface area (Å²) in [5.41, 5.74) is 0.727. The molecule has 0 radical (unpaired) electrons. The Morgan fingerprint density at radius 3 is 2.64 bits per heavy atom. The van der Waals surface area contributed by atoms with Crippen molar-refractivity contribution in [3.8, 4) is 0 Å². The number of halogens is 1. The van der Waals surface area contributed by atoms with Gasteiger partial charge in [-0.3, -0.25) is 4.90 Å². The summed E-state index contributed by atoms with van der Waals surface area (Å²) >= 11 is 0. The molecule has 2 amide bonds.